The van der Waals surface area contributed by atoms with Crippen molar-refractivity contribution in [3.63, 3.8) is 0 Å². The van der Waals surface area contributed by atoms with Crippen LogP contribution in [-0.4, -0.2) is 15.4 Å². The summed E-state index contributed by atoms with van der Waals surface area (Å²) in [6.45, 7) is 0. The molecule has 17 heavy (non-hydrogen) atoms. The lowest BCUT2D eigenvalue weighted by molar-refractivity contribution is 0.536. The molecule has 0 radical (unpaired) electrons. The number of H-pyrrole nitrogens is 1. The quantitative estimate of drug-likeness (QED) is 0.569. The molecule has 0 aliphatic heterocycles. The monoisotopic (exact) mass is 255 g/mol. The Hall–Kier alpha value is -1.50. The Morgan fingerprint density at radius 1 is 1.53 bits per heavy atom. The minimum absolute atomic E-state index is 0.0958. The van der Waals surface area contributed by atoms with Crippen molar-refractivity contribution in [3.8, 4) is 0 Å². The number of hydrogen-bond donors (Lipinski definition) is 3. The van der Waals surface area contributed by atoms with E-state index in [0.717, 1.165) is 5.56 Å². The van der Waals surface area contributed by atoms with E-state index in [1.54, 1.807) is 18.3 Å². The summed E-state index contributed by atoms with van der Waals surface area (Å²) in [5.41, 5.74) is 4.18. The zero-order valence-corrected chi connectivity index (χ0v) is 9.58. The molecular formula is C10H11ClFN5. The van der Waals surface area contributed by atoms with Gasteiger partial charge in [-0.25, -0.2) is 4.39 Å². The number of aromatic amines is 1. The predicted molar refractivity (Wildman–Crippen MR) is 61.6 cm³/mol. The summed E-state index contributed by atoms with van der Waals surface area (Å²) in [7, 11) is 0. The predicted octanol–water partition coefficient (Wildman–Crippen LogP) is 1.34. The normalized spacial score (nSPS) is 12.6. The Bertz CT molecular complexity index is 487. The van der Waals surface area contributed by atoms with Crippen molar-refractivity contribution >= 4 is 11.6 Å². The molecule has 0 amide bonds. The molecule has 90 valence electrons. The maximum atomic E-state index is 13.0. The van der Waals surface area contributed by atoms with E-state index in [1.165, 1.54) is 6.07 Å². The number of nitrogens with zero attached hydrogens (tertiary/aromatic N) is 2. The zero-order valence-electron chi connectivity index (χ0n) is 8.82. The second-order valence-electron chi connectivity index (χ2n) is 3.57. The highest BCUT2D eigenvalue weighted by atomic mass is 35.5. The average Bonchev–Trinajstić information content (AvgIpc) is 2.84. The number of benzene rings is 1. The largest absolute Gasteiger partial charge is 0.271 e. The number of halogens is 2. The minimum Gasteiger partial charge on any atom is -0.271 e. The van der Waals surface area contributed by atoms with Crippen molar-refractivity contribution < 1.29 is 4.39 Å². The van der Waals surface area contributed by atoms with Crippen molar-refractivity contribution in [1.82, 2.24) is 20.8 Å². The molecule has 1 unspecified atom stereocenters. The molecule has 0 fully saturated rings. The fourth-order valence-electron chi connectivity index (χ4n) is 1.53. The van der Waals surface area contributed by atoms with Gasteiger partial charge in [-0.2, -0.15) is 15.4 Å². The summed E-state index contributed by atoms with van der Waals surface area (Å²) in [5.74, 6) is 5.01. The summed E-state index contributed by atoms with van der Waals surface area (Å²) in [6.07, 6.45) is 2.12. The first-order chi connectivity index (χ1) is 8.20. The van der Waals surface area contributed by atoms with Gasteiger partial charge in [-0.05, 0) is 24.1 Å². The molecular weight excluding hydrogens is 245 g/mol. The third-order valence-electron chi connectivity index (χ3n) is 2.42. The van der Waals surface area contributed by atoms with E-state index in [9.17, 15) is 4.39 Å². The lowest BCUT2D eigenvalue weighted by Crippen LogP contribution is -2.29. The van der Waals surface area contributed by atoms with Crippen LogP contribution in [0.2, 0.25) is 5.02 Å². The van der Waals surface area contributed by atoms with Crippen LogP contribution < -0.4 is 11.3 Å². The van der Waals surface area contributed by atoms with Gasteiger partial charge in [0.1, 0.15) is 11.5 Å². The van der Waals surface area contributed by atoms with Crippen molar-refractivity contribution in [2.75, 3.05) is 0 Å². The maximum Gasteiger partial charge on any atom is 0.141 e. The highest BCUT2D eigenvalue weighted by molar-refractivity contribution is 6.30. The summed E-state index contributed by atoms with van der Waals surface area (Å²) < 4.78 is 13.0. The molecule has 0 spiro atoms. The highest BCUT2D eigenvalue weighted by Gasteiger charge is 2.14. The standard InChI is InChI=1S/C10H11ClFN5/c11-7-3-6(1-2-8(7)12)4-9(15-13)10-5-14-17-16-10/h1-3,5,9,15H,4,13H2,(H,14,16,17). The van der Waals surface area contributed by atoms with Crippen LogP contribution in [0.1, 0.15) is 17.3 Å². The Labute approximate surface area is 102 Å². The molecule has 0 aliphatic rings. The Balaban J connectivity index is 2.16. The highest BCUT2D eigenvalue weighted by Crippen LogP contribution is 2.20. The van der Waals surface area contributed by atoms with Gasteiger partial charge in [0, 0.05) is 0 Å². The molecule has 2 rings (SSSR count). The summed E-state index contributed by atoms with van der Waals surface area (Å²) in [5, 5.41) is 10.2. The number of nitrogens with one attached hydrogen (secondary N) is 2. The lowest BCUT2D eigenvalue weighted by Gasteiger charge is -2.13. The van der Waals surface area contributed by atoms with Crippen LogP contribution in [0, 0.1) is 5.82 Å². The summed E-state index contributed by atoms with van der Waals surface area (Å²) >= 11 is 5.70. The van der Waals surface area contributed by atoms with Crippen molar-refractivity contribution in [2.24, 2.45) is 5.84 Å². The van der Waals surface area contributed by atoms with Gasteiger partial charge < -0.3 is 0 Å². The van der Waals surface area contributed by atoms with Gasteiger partial charge in [0.25, 0.3) is 0 Å². The first kappa shape index (κ1) is 12.0. The third-order valence-corrected chi connectivity index (χ3v) is 2.71. The molecule has 0 saturated heterocycles. The Morgan fingerprint density at radius 2 is 2.35 bits per heavy atom. The summed E-state index contributed by atoms with van der Waals surface area (Å²) in [6, 6.07) is 4.36. The van der Waals surface area contributed by atoms with Crippen molar-refractivity contribution in [3.05, 3.63) is 46.5 Å². The zero-order chi connectivity index (χ0) is 12.3. The lowest BCUT2D eigenvalue weighted by atomic mass is 10.0. The molecule has 7 heteroatoms. The van der Waals surface area contributed by atoms with Gasteiger partial charge in [0.2, 0.25) is 0 Å². The number of nitrogens with two attached hydrogens (primary N) is 1. The van der Waals surface area contributed by atoms with Gasteiger partial charge in [-0.3, -0.25) is 11.3 Å². The van der Waals surface area contributed by atoms with Crippen molar-refractivity contribution in [1.29, 1.82) is 0 Å². The van der Waals surface area contributed by atoms with Crippen molar-refractivity contribution in [2.45, 2.75) is 12.5 Å². The molecule has 0 bridgehead atoms. The molecule has 2 aromatic rings. The van der Waals surface area contributed by atoms with Crippen LogP contribution in [-0.2, 0) is 6.42 Å². The van der Waals surface area contributed by atoms with E-state index in [4.69, 9.17) is 17.4 Å². The van der Waals surface area contributed by atoms with Crippen LogP contribution in [0.5, 0.6) is 0 Å². The van der Waals surface area contributed by atoms with Crippen LogP contribution in [0.25, 0.3) is 0 Å². The number of rotatable bonds is 4. The first-order valence-corrected chi connectivity index (χ1v) is 5.34. The molecule has 1 aromatic heterocycles. The second-order valence-corrected chi connectivity index (χ2v) is 3.97. The van der Waals surface area contributed by atoms with E-state index in [0.29, 0.717) is 12.1 Å². The van der Waals surface area contributed by atoms with Crippen LogP contribution in [0.3, 0.4) is 0 Å². The number of hydrazine groups is 1. The van der Waals surface area contributed by atoms with E-state index < -0.39 is 5.82 Å². The topological polar surface area (TPSA) is 79.6 Å². The Morgan fingerprint density at radius 3 is 2.94 bits per heavy atom. The summed E-state index contributed by atoms with van der Waals surface area (Å²) in [4.78, 5) is 0. The van der Waals surface area contributed by atoms with E-state index in [1.807, 2.05) is 0 Å². The number of hydrogen-bond acceptors (Lipinski definition) is 4. The molecule has 4 N–H and O–H groups in total. The molecule has 1 atom stereocenters. The van der Waals surface area contributed by atoms with E-state index in [2.05, 4.69) is 20.8 Å². The van der Waals surface area contributed by atoms with E-state index >= 15 is 0 Å². The molecule has 0 saturated carbocycles. The van der Waals surface area contributed by atoms with Crippen LogP contribution >= 0.6 is 11.6 Å². The molecule has 1 heterocycles. The smallest absolute Gasteiger partial charge is 0.141 e. The molecule has 5 nitrogen and oxygen atoms in total. The van der Waals surface area contributed by atoms with Gasteiger partial charge in [0.05, 0.1) is 17.3 Å². The SMILES string of the molecule is NNC(Cc1ccc(F)c(Cl)c1)c1cn[nH]n1. The van der Waals surface area contributed by atoms with E-state index in [-0.39, 0.29) is 11.1 Å². The van der Waals surface area contributed by atoms with Gasteiger partial charge in [-0.15, -0.1) is 0 Å². The molecule has 1 aromatic carbocycles. The fraction of sp³-hybridized carbons (Fsp3) is 0.200. The third kappa shape index (κ3) is 2.79. The van der Waals surface area contributed by atoms with Gasteiger partial charge in [-0.1, -0.05) is 17.7 Å². The maximum absolute atomic E-state index is 13.0. The van der Waals surface area contributed by atoms with Crippen LogP contribution in [0.15, 0.2) is 24.4 Å². The minimum atomic E-state index is -0.436. The fourth-order valence-corrected chi connectivity index (χ4v) is 1.73. The first-order valence-electron chi connectivity index (χ1n) is 4.96. The Kier molecular flexibility index (Phi) is 3.68. The van der Waals surface area contributed by atoms with Gasteiger partial charge >= 0.3 is 0 Å². The second kappa shape index (κ2) is 5.22. The average molecular weight is 256 g/mol. The van der Waals surface area contributed by atoms with Gasteiger partial charge in [0.15, 0.2) is 0 Å². The number of aromatic nitrogens is 3. The van der Waals surface area contributed by atoms with Crippen LogP contribution in [0.4, 0.5) is 4.39 Å². The molecule has 0 aliphatic carbocycles.